The van der Waals surface area contributed by atoms with Crippen LogP contribution >= 0.6 is 23.8 Å². The van der Waals surface area contributed by atoms with Gasteiger partial charge >= 0.3 is 0 Å². The molecule has 2 rings (SSSR count). The molecule has 0 spiro atoms. The highest BCUT2D eigenvalue weighted by Crippen LogP contribution is 2.13. The molecule has 7 heteroatoms. The van der Waals surface area contributed by atoms with Gasteiger partial charge in [-0.2, -0.15) is 0 Å². The lowest BCUT2D eigenvalue weighted by Gasteiger charge is -2.21. The fraction of sp³-hybridized carbons (Fsp3) is 0.318. The fourth-order valence-corrected chi connectivity index (χ4v) is 3.21. The number of carbonyl (C=O) groups excluding carboxylic acids is 2. The van der Waals surface area contributed by atoms with Gasteiger partial charge in [-0.3, -0.25) is 9.59 Å². The van der Waals surface area contributed by atoms with Crippen LogP contribution in [0.4, 0.5) is 5.69 Å². The molecule has 29 heavy (non-hydrogen) atoms. The first kappa shape index (κ1) is 22.8. The fourth-order valence-electron chi connectivity index (χ4n) is 2.85. The predicted octanol–water partition coefficient (Wildman–Crippen LogP) is 4.66. The van der Waals surface area contributed by atoms with Crippen molar-refractivity contribution in [3.8, 4) is 0 Å². The molecule has 0 atom stereocenters. The Kier molecular flexibility index (Phi) is 9.09. The van der Waals surface area contributed by atoms with Crippen molar-refractivity contribution in [3.05, 3.63) is 64.7 Å². The Hall–Kier alpha value is -2.44. The van der Waals surface area contributed by atoms with Crippen molar-refractivity contribution in [2.45, 2.75) is 33.1 Å². The summed E-state index contributed by atoms with van der Waals surface area (Å²) < 4.78 is 0. The number of benzene rings is 2. The molecule has 2 aromatic rings. The average molecular weight is 432 g/mol. The van der Waals surface area contributed by atoms with E-state index in [0.29, 0.717) is 16.3 Å². The van der Waals surface area contributed by atoms with E-state index in [2.05, 4.69) is 24.5 Å². The molecule has 0 fully saturated rings. The Bertz CT molecular complexity index is 832. The third kappa shape index (κ3) is 7.48. The number of halogens is 1. The van der Waals surface area contributed by atoms with Crippen molar-refractivity contribution in [1.82, 2.24) is 10.2 Å². The van der Waals surface area contributed by atoms with Gasteiger partial charge in [0.1, 0.15) is 0 Å². The minimum Gasteiger partial charge on any atom is -0.339 e. The van der Waals surface area contributed by atoms with Crippen molar-refractivity contribution in [2.24, 2.45) is 0 Å². The first-order chi connectivity index (χ1) is 13.9. The third-order valence-corrected chi connectivity index (χ3v) is 4.65. The van der Waals surface area contributed by atoms with Gasteiger partial charge < -0.3 is 15.5 Å². The number of thiocarbonyl (C=S) groups is 1. The molecule has 5 nitrogen and oxygen atoms in total. The van der Waals surface area contributed by atoms with E-state index >= 15 is 0 Å². The molecular weight excluding hydrogens is 406 g/mol. The highest BCUT2D eigenvalue weighted by Gasteiger charge is 2.14. The SMILES string of the molecule is CCCN(CCC)C(=O)c1ccc(NC(=S)NC(=O)Cc2ccc(Cl)cc2)cc1. The lowest BCUT2D eigenvalue weighted by molar-refractivity contribution is -0.119. The minimum absolute atomic E-state index is 0.0269. The zero-order valence-corrected chi connectivity index (χ0v) is 18.3. The highest BCUT2D eigenvalue weighted by atomic mass is 35.5. The van der Waals surface area contributed by atoms with E-state index in [9.17, 15) is 9.59 Å². The average Bonchev–Trinajstić information content (AvgIpc) is 2.69. The topological polar surface area (TPSA) is 61.4 Å². The molecule has 154 valence electrons. The van der Waals surface area contributed by atoms with Gasteiger partial charge in [0.2, 0.25) is 5.91 Å². The minimum atomic E-state index is -0.216. The smallest absolute Gasteiger partial charge is 0.253 e. The molecule has 0 heterocycles. The van der Waals surface area contributed by atoms with Gasteiger partial charge in [0.25, 0.3) is 5.91 Å². The van der Waals surface area contributed by atoms with E-state index in [1.807, 2.05) is 4.90 Å². The van der Waals surface area contributed by atoms with Crippen LogP contribution in [-0.2, 0) is 11.2 Å². The molecule has 0 saturated carbocycles. The summed E-state index contributed by atoms with van der Waals surface area (Å²) in [6, 6.07) is 14.2. The van der Waals surface area contributed by atoms with Crippen molar-refractivity contribution in [2.75, 3.05) is 18.4 Å². The Morgan fingerprint density at radius 2 is 1.55 bits per heavy atom. The maximum Gasteiger partial charge on any atom is 0.253 e. The van der Waals surface area contributed by atoms with Gasteiger partial charge in [0.05, 0.1) is 6.42 Å². The molecule has 2 amide bonds. The lowest BCUT2D eigenvalue weighted by Crippen LogP contribution is -2.35. The van der Waals surface area contributed by atoms with E-state index in [1.54, 1.807) is 48.5 Å². The zero-order valence-electron chi connectivity index (χ0n) is 16.7. The summed E-state index contributed by atoms with van der Waals surface area (Å²) in [6.45, 7) is 5.61. The number of nitrogens with zero attached hydrogens (tertiary/aromatic N) is 1. The maximum absolute atomic E-state index is 12.6. The first-order valence-corrected chi connectivity index (χ1v) is 10.5. The molecule has 2 N–H and O–H groups in total. The molecule has 0 bridgehead atoms. The number of hydrogen-bond donors (Lipinski definition) is 2. The predicted molar refractivity (Wildman–Crippen MR) is 122 cm³/mol. The van der Waals surface area contributed by atoms with Crippen molar-refractivity contribution in [1.29, 1.82) is 0 Å². The van der Waals surface area contributed by atoms with Gasteiger partial charge in [0.15, 0.2) is 5.11 Å². The van der Waals surface area contributed by atoms with Crippen LogP contribution in [0, 0.1) is 0 Å². The largest absolute Gasteiger partial charge is 0.339 e. The van der Waals surface area contributed by atoms with Crippen LogP contribution < -0.4 is 10.6 Å². The first-order valence-electron chi connectivity index (χ1n) is 9.67. The van der Waals surface area contributed by atoms with Crippen LogP contribution in [0.3, 0.4) is 0 Å². The second-order valence-corrected chi connectivity index (χ2v) is 7.52. The Balaban J connectivity index is 1.89. The molecule has 0 aliphatic carbocycles. The van der Waals surface area contributed by atoms with Gasteiger partial charge in [0, 0.05) is 29.4 Å². The summed E-state index contributed by atoms with van der Waals surface area (Å²) in [5.74, 6) is -0.189. The zero-order chi connectivity index (χ0) is 21.2. The maximum atomic E-state index is 12.6. The molecule has 0 saturated heterocycles. The van der Waals surface area contributed by atoms with Crippen LogP contribution in [-0.4, -0.2) is 34.9 Å². The van der Waals surface area contributed by atoms with Crippen molar-refractivity contribution in [3.63, 3.8) is 0 Å². The molecule has 0 unspecified atom stereocenters. The van der Waals surface area contributed by atoms with E-state index in [0.717, 1.165) is 31.5 Å². The van der Waals surface area contributed by atoms with Crippen molar-refractivity contribution >= 4 is 46.4 Å². The monoisotopic (exact) mass is 431 g/mol. The number of carbonyl (C=O) groups is 2. The van der Waals surface area contributed by atoms with Gasteiger partial charge in [-0.1, -0.05) is 37.6 Å². The molecular formula is C22H26ClN3O2S. The highest BCUT2D eigenvalue weighted by molar-refractivity contribution is 7.80. The molecule has 0 radical (unpaired) electrons. The summed E-state index contributed by atoms with van der Waals surface area (Å²) in [6.07, 6.45) is 2.06. The normalized spacial score (nSPS) is 10.3. The summed E-state index contributed by atoms with van der Waals surface area (Å²) in [4.78, 5) is 26.6. The summed E-state index contributed by atoms with van der Waals surface area (Å²) in [5.41, 5.74) is 2.19. The molecule has 0 aromatic heterocycles. The van der Waals surface area contributed by atoms with Gasteiger partial charge in [-0.05, 0) is 67.0 Å². The molecule has 0 aliphatic heterocycles. The van der Waals surface area contributed by atoms with E-state index in [1.165, 1.54) is 0 Å². The Morgan fingerprint density at radius 3 is 2.10 bits per heavy atom. The van der Waals surface area contributed by atoms with Crippen molar-refractivity contribution < 1.29 is 9.59 Å². The Labute approximate surface area is 182 Å². The number of anilines is 1. The number of hydrogen-bond acceptors (Lipinski definition) is 3. The van der Waals surface area contributed by atoms with Crippen LogP contribution in [0.25, 0.3) is 0 Å². The van der Waals surface area contributed by atoms with Gasteiger partial charge in [-0.15, -0.1) is 0 Å². The van der Waals surface area contributed by atoms with E-state index < -0.39 is 0 Å². The van der Waals surface area contributed by atoms with E-state index in [4.69, 9.17) is 23.8 Å². The lowest BCUT2D eigenvalue weighted by atomic mass is 10.1. The van der Waals surface area contributed by atoms with Crippen LogP contribution in [0.5, 0.6) is 0 Å². The quantitative estimate of drug-likeness (QED) is 0.597. The second kappa shape index (κ2) is 11.5. The number of rotatable bonds is 8. The summed E-state index contributed by atoms with van der Waals surface area (Å²) >= 11 is 11.1. The second-order valence-electron chi connectivity index (χ2n) is 6.68. The van der Waals surface area contributed by atoms with Crippen LogP contribution in [0.2, 0.25) is 5.02 Å². The van der Waals surface area contributed by atoms with Gasteiger partial charge in [-0.25, -0.2) is 0 Å². The number of nitrogens with one attached hydrogen (secondary N) is 2. The molecule has 0 aliphatic rings. The standard InChI is InChI=1S/C22H26ClN3O2S/c1-3-13-26(14-4-2)21(28)17-7-11-19(12-8-17)24-22(29)25-20(27)15-16-5-9-18(23)10-6-16/h5-12H,3-4,13-15H2,1-2H3,(H2,24,25,27,29). The Morgan fingerprint density at radius 1 is 0.966 bits per heavy atom. The van der Waals surface area contributed by atoms with E-state index in [-0.39, 0.29) is 23.3 Å². The third-order valence-electron chi connectivity index (χ3n) is 4.19. The van der Waals surface area contributed by atoms with Crippen LogP contribution in [0.1, 0.15) is 42.6 Å². The summed E-state index contributed by atoms with van der Waals surface area (Å²) in [5, 5.41) is 6.46. The molecule has 2 aromatic carbocycles. The number of amides is 2. The van der Waals surface area contributed by atoms with Crippen LogP contribution in [0.15, 0.2) is 48.5 Å². The summed E-state index contributed by atoms with van der Waals surface area (Å²) in [7, 11) is 0.